The lowest BCUT2D eigenvalue weighted by Crippen LogP contribution is -2.34. The third-order valence-electron chi connectivity index (χ3n) is 5.64. The SMILES string of the molecule is CCN(C(=O)c1nn(-c2ccccn2)c(=O)c2c1c1ccccc1n2C)c1ccccc1. The van der Waals surface area contributed by atoms with Crippen LogP contribution in [-0.2, 0) is 7.05 Å². The molecule has 0 saturated heterocycles. The molecule has 2 aromatic carbocycles. The Morgan fingerprint density at radius 1 is 0.969 bits per heavy atom. The molecule has 0 saturated carbocycles. The molecule has 5 aromatic rings. The Hall–Kier alpha value is -4.26. The molecule has 0 aliphatic heterocycles. The third kappa shape index (κ3) is 2.98. The molecule has 158 valence electrons. The van der Waals surface area contributed by atoms with Gasteiger partial charge in [0.05, 0.1) is 0 Å². The topological polar surface area (TPSA) is 73.0 Å². The number of aryl methyl sites for hydroxylation is 1. The van der Waals surface area contributed by atoms with Crippen molar-refractivity contribution in [2.45, 2.75) is 6.92 Å². The largest absolute Gasteiger partial charge is 0.339 e. The lowest BCUT2D eigenvalue weighted by atomic mass is 10.1. The summed E-state index contributed by atoms with van der Waals surface area (Å²) < 4.78 is 3.04. The monoisotopic (exact) mass is 423 g/mol. The molecule has 0 aliphatic carbocycles. The van der Waals surface area contributed by atoms with Crippen LogP contribution >= 0.6 is 0 Å². The fourth-order valence-corrected chi connectivity index (χ4v) is 4.14. The van der Waals surface area contributed by atoms with Gasteiger partial charge in [0, 0.05) is 41.8 Å². The second-order valence-corrected chi connectivity index (χ2v) is 7.44. The normalized spacial score (nSPS) is 11.2. The van der Waals surface area contributed by atoms with Gasteiger partial charge in [-0.15, -0.1) is 0 Å². The molecular weight excluding hydrogens is 402 g/mol. The number of carbonyl (C=O) groups is 1. The summed E-state index contributed by atoms with van der Waals surface area (Å²) in [6, 6.07) is 22.4. The molecule has 0 bridgehead atoms. The smallest absolute Gasteiger partial charge is 0.297 e. The van der Waals surface area contributed by atoms with Crippen LogP contribution in [0.4, 0.5) is 5.69 Å². The average Bonchev–Trinajstić information content (AvgIpc) is 3.14. The van der Waals surface area contributed by atoms with Crippen molar-refractivity contribution < 1.29 is 4.79 Å². The summed E-state index contributed by atoms with van der Waals surface area (Å²) in [5, 5.41) is 5.94. The van der Waals surface area contributed by atoms with Crippen LogP contribution in [-0.4, -0.2) is 31.8 Å². The minimum Gasteiger partial charge on any atom is -0.339 e. The molecule has 0 fully saturated rings. The number of rotatable bonds is 4. The predicted molar refractivity (Wildman–Crippen MR) is 125 cm³/mol. The van der Waals surface area contributed by atoms with E-state index in [0.717, 1.165) is 16.6 Å². The van der Waals surface area contributed by atoms with Gasteiger partial charge in [-0.05, 0) is 37.3 Å². The standard InChI is InChI=1S/C25H21N5O2/c1-3-29(17-11-5-4-6-12-17)24(31)22-21-18-13-7-8-14-19(18)28(2)23(21)25(32)30(27-22)20-15-9-10-16-26-20/h4-16H,3H2,1-2H3. The highest BCUT2D eigenvalue weighted by Gasteiger charge is 2.27. The number of aromatic nitrogens is 4. The van der Waals surface area contributed by atoms with Gasteiger partial charge in [0.15, 0.2) is 11.5 Å². The van der Waals surface area contributed by atoms with Gasteiger partial charge in [-0.1, -0.05) is 42.5 Å². The van der Waals surface area contributed by atoms with Crippen LogP contribution in [0.2, 0.25) is 0 Å². The van der Waals surface area contributed by atoms with E-state index >= 15 is 0 Å². The van der Waals surface area contributed by atoms with E-state index in [1.54, 1.807) is 29.3 Å². The molecule has 5 rings (SSSR count). The van der Waals surface area contributed by atoms with Crippen LogP contribution in [0.3, 0.4) is 0 Å². The number of fused-ring (bicyclic) bond motifs is 3. The molecule has 3 aromatic heterocycles. The average molecular weight is 423 g/mol. The zero-order valence-corrected chi connectivity index (χ0v) is 17.8. The first kappa shape index (κ1) is 19.7. The summed E-state index contributed by atoms with van der Waals surface area (Å²) in [4.78, 5) is 33.3. The van der Waals surface area contributed by atoms with E-state index < -0.39 is 0 Å². The summed E-state index contributed by atoms with van der Waals surface area (Å²) in [5.41, 5.74) is 1.94. The van der Waals surface area contributed by atoms with Gasteiger partial charge < -0.3 is 9.47 Å². The number of hydrogen-bond donors (Lipinski definition) is 0. The summed E-state index contributed by atoms with van der Waals surface area (Å²) in [5.74, 6) is 0.0891. The molecule has 7 nitrogen and oxygen atoms in total. The first-order valence-corrected chi connectivity index (χ1v) is 10.4. The number of anilines is 1. The molecule has 1 amide bonds. The summed E-state index contributed by atoms with van der Waals surface area (Å²) in [6.07, 6.45) is 1.60. The summed E-state index contributed by atoms with van der Waals surface area (Å²) >= 11 is 0. The lowest BCUT2D eigenvalue weighted by molar-refractivity contribution is 0.0983. The van der Waals surface area contributed by atoms with E-state index in [2.05, 4.69) is 10.1 Å². The van der Waals surface area contributed by atoms with Gasteiger partial charge in [-0.3, -0.25) is 9.59 Å². The third-order valence-corrected chi connectivity index (χ3v) is 5.64. The number of pyridine rings is 1. The lowest BCUT2D eigenvalue weighted by Gasteiger charge is -2.21. The van der Waals surface area contributed by atoms with Crippen molar-refractivity contribution in [1.29, 1.82) is 0 Å². The molecule has 0 aliphatic rings. The first-order valence-electron chi connectivity index (χ1n) is 10.4. The fraction of sp³-hybridized carbons (Fsp3) is 0.120. The Labute approximate surface area is 184 Å². The molecule has 0 atom stereocenters. The maximum atomic E-state index is 13.9. The van der Waals surface area contributed by atoms with Crippen molar-refractivity contribution in [2.24, 2.45) is 7.05 Å². The molecular formula is C25H21N5O2. The minimum absolute atomic E-state index is 0.216. The number of para-hydroxylation sites is 2. The second-order valence-electron chi connectivity index (χ2n) is 7.44. The van der Waals surface area contributed by atoms with Gasteiger partial charge in [0.2, 0.25) is 0 Å². The van der Waals surface area contributed by atoms with Gasteiger partial charge in [-0.25, -0.2) is 4.98 Å². The zero-order chi connectivity index (χ0) is 22.2. The number of amides is 1. The quantitative estimate of drug-likeness (QED) is 0.439. The Morgan fingerprint density at radius 3 is 2.41 bits per heavy atom. The molecule has 32 heavy (non-hydrogen) atoms. The number of nitrogens with zero attached hydrogens (tertiary/aromatic N) is 5. The Kier molecular flexibility index (Phi) is 4.78. The molecule has 0 radical (unpaired) electrons. The minimum atomic E-state index is -0.322. The van der Waals surface area contributed by atoms with Crippen molar-refractivity contribution in [1.82, 2.24) is 19.3 Å². The van der Waals surface area contributed by atoms with Gasteiger partial charge in [-0.2, -0.15) is 9.78 Å². The molecule has 0 spiro atoms. The van der Waals surface area contributed by atoms with E-state index in [1.165, 1.54) is 4.68 Å². The van der Waals surface area contributed by atoms with Crippen molar-refractivity contribution in [3.05, 3.63) is 95.0 Å². The van der Waals surface area contributed by atoms with Crippen molar-refractivity contribution in [3.8, 4) is 5.82 Å². The molecule has 3 heterocycles. The highest BCUT2D eigenvalue weighted by Crippen LogP contribution is 2.29. The van der Waals surface area contributed by atoms with Crippen molar-refractivity contribution >= 4 is 33.4 Å². The summed E-state index contributed by atoms with van der Waals surface area (Å²) in [6.45, 7) is 2.37. The van der Waals surface area contributed by atoms with Gasteiger partial charge >= 0.3 is 0 Å². The van der Waals surface area contributed by atoms with Crippen LogP contribution < -0.4 is 10.5 Å². The van der Waals surface area contributed by atoms with Crippen molar-refractivity contribution in [2.75, 3.05) is 11.4 Å². The van der Waals surface area contributed by atoms with Crippen LogP contribution in [0.1, 0.15) is 17.4 Å². The van der Waals surface area contributed by atoms with Crippen LogP contribution in [0.5, 0.6) is 0 Å². The van der Waals surface area contributed by atoms with E-state index in [9.17, 15) is 9.59 Å². The number of carbonyl (C=O) groups excluding carboxylic acids is 1. The first-order chi connectivity index (χ1) is 15.6. The Bertz CT molecular complexity index is 1500. The maximum absolute atomic E-state index is 13.9. The number of benzene rings is 2. The van der Waals surface area contributed by atoms with E-state index in [1.807, 2.05) is 73.1 Å². The predicted octanol–water partition coefficient (Wildman–Crippen LogP) is 3.94. The van der Waals surface area contributed by atoms with Gasteiger partial charge in [0.1, 0.15) is 5.52 Å². The highest BCUT2D eigenvalue weighted by atomic mass is 16.2. The fourth-order valence-electron chi connectivity index (χ4n) is 4.14. The molecule has 0 N–H and O–H groups in total. The zero-order valence-electron chi connectivity index (χ0n) is 17.8. The molecule has 0 unspecified atom stereocenters. The molecule has 7 heteroatoms. The van der Waals surface area contributed by atoms with Crippen LogP contribution in [0, 0.1) is 0 Å². The second kappa shape index (κ2) is 7.77. The van der Waals surface area contributed by atoms with E-state index in [-0.39, 0.29) is 17.2 Å². The van der Waals surface area contributed by atoms with Crippen molar-refractivity contribution in [3.63, 3.8) is 0 Å². The summed E-state index contributed by atoms with van der Waals surface area (Å²) in [7, 11) is 1.83. The van der Waals surface area contributed by atoms with Crippen LogP contribution in [0.15, 0.2) is 83.8 Å². The van der Waals surface area contributed by atoms with E-state index in [0.29, 0.717) is 23.3 Å². The van der Waals surface area contributed by atoms with E-state index in [4.69, 9.17) is 0 Å². The Morgan fingerprint density at radius 2 is 1.69 bits per heavy atom. The highest BCUT2D eigenvalue weighted by molar-refractivity contribution is 6.20. The van der Waals surface area contributed by atoms with Gasteiger partial charge in [0.25, 0.3) is 11.5 Å². The Balaban J connectivity index is 1.87. The van der Waals surface area contributed by atoms with Crippen LogP contribution in [0.25, 0.3) is 27.6 Å². The maximum Gasteiger partial charge on any atom is 0.297 e. The number of hydrogen-bond acceptors (Lipinski definition) is 4.